The third kappa shape index (κ3) is 2.66. The van der Waals surface area contributed by atoms with E-state index in [9.17, 15) is 4.79 Å². The van der Waals surface area contributed by atoms with Crippen molar-refractivity contribution < 1.29 is 9.53 Å². The van der Waals surface area contributed by atoms with Crippen LogP contribution in [0.15, 0.2) is 18.2 Å². The van der Waals surface area contributed by atoms with Gasteiger partial charge < -0.3 is 20.3 Å². The highest BCUT2D eigenvalue weighted by atomic mass is 16.5. The molecule has 1 aromatic carbocycles. The SMILES string of the molecule is COc1cccc(N)c1C(=O)N1CCC(N(C)C)C1. The van der Waals surface area contributed by atoms with Crippen LogP contribution in [0.5, 0.6) is 5.75 Å². The molecule has 1 amide bonds. The first kappa shape index (κ1) is 13.7. The molecular formula is C14H21N3O2. The number of likely N-dealkylation sites (tertiary alicyclic amines) is 1. The Kier molecular flexibility index (Phi) is 3.95. The highest BCUT2D eigenvalue weighted by Crippen LogP contribution is 2.27. The molecule has 5 nitrogen and oxygen atoms in total. The minimum absolute atomic E-state index is 0.0423. The van der Waals surface area contributed by atoms with Crippen molar-refractivity contribution in [3.8, 4) is 5.75 Å². The van der Waals surface area contributed by atoms with Crippen molar-refractivity contribution >= 4 is 11.6 Å². The lowest BCUT2D eigenvalue weighted by Gasteiger charge is -2.21. The second-order valence-corrected chi connectivity index (χ2v) is 5.08. The van der Waals surface area contributed by atoms with Crippen molar-refractivity contribution in [3.63, 3.8) is 0 Å². The summed E-state index contributed by atoms with van der Waals surface area (Å²) in [6.07, 6.45) is 0.994. The van der Waals surface area contributed by atoms with Gasteiger partial charge in [0, 0.05) is 24.8 Å². The minimum Gasteiger partial charge on any atom is -0.496 e. The number of hydrogen-bond acceptors (Lipinski definition) is 4. The van der Waals surface area contributed by atoms with E-state index < -0.39 is 0 Å². The van der Waals surface area contributed by atoms with Gasteiger partial charge in [0.1, 0.15) is 11.3 Å². The molecule has 0 saturated carbocycles. The Balaban J connectivity index is 2.21. The molecule has 1 saturated heterocycles. The van der Waals surface area contributed by atoms with Crippen molar-refractivity contribution in [2.45, 2.75) is 12.5 Å². The third-order valence-corrected chi connectivity index (χ3v) is 3.67. The molecule has 0 aliphatic carbocycles. The average Bonchev–Trinajstić information content (AvgIpc) is 2.87. The van der Waals surface area contributed by atoms with Crippen LogP contribution in [0.3, 0.4) is 0 Å². The normalized spacial score (nSPS) is 18.9. The summed E-state index contributed by atoms with van der Waals surface area (Å²) < 4.78 is 5.24. The highest BCUT2D eigenvalue weighted by Gasteiger charge is 2.30. The summed E-state index contributed by atoms with van der Waals surface area (Å²) in [5, 5.41) is 0. The molecule has 2 N–H and O–H groups in total. The first-order valence-corrected chi connectivity index (χ1v) is 6.42. The number of ether oxygens (including phenoxy) is 1. The molecule has 0 aromatic heterocycles. The molecule has 1 unspecified atom stereocenters. The van der Waals surface area contributed by atoms with Gasteiger partial charge in [-0.2, -0.15) is 0 Å². The topological polar surface area (TPSA) is 58.8 Å². The molecule has 2 rings (SSSR count). The van der Waals surface area contributed by atoms with E-state index >= 15 is 0 Å². The van der Waals surface area contributed by atoms with Crippen LogP contribution in [0.1, 0.15) is 16.8 Å². The molecule has 1 fully saturated rings. The Labute approximate surface area is 113 Å². The summed E-state index contributed by atoms with van der Waals surface area (Å²) in [7, 11) is 5.63. The van der Waals surface area contributed by atoms with Crippen LogP contribution in [-0.4, -0.2) is 56.0 Å². The van der Waals surface area contributed by atoms with Gasteiger partial charge in [-0.25, -0.2) is 0 Å². The Morgan fingerprint density at radius 2 is 2.21 bits per heavy atom. The maximum atomic E-state index is 12.6. The zero-order valence-electron chi connectivity index (χ0n) is 11.7. The number of nitrogens with zero attached hydrogens (tertiary/aromatic N) is 2. The fourth-order valence-corrected chi connectivity index (χ4v) is 2.45. The van der Waals surface area contributed by atoms with Gasteiger partial charge in [0.25, 0.3) is 5.91 Å². The van der Waals surface area contributed by atoms with Crippen molar-refractivity contribution in [3.05, 3.63) is 23.8 Å². The molecule has 1 aliphatic rings. The van der Waals surface area contributed by atoms with Crippen LogP contribution < -0.4 is 10.5 Å². The number of carbonyl (C=O) groups is 1. The maximum absolute atomic E-state index is 12.6. The Morgan fingerprint density at radius 1 is 1.47 bits per heavy atom. The number of likely N-dealkylation sites (N-methyl/N-ethyl adjacent to an activating group) is 1. The van der Waals surface area contributed by atoms with Gasteiger partial charge in [-0.15, -0.1) is 0 Å². The smallest absolute Gasteiger partial charge is 0.259 e. The van der Waals surface area contributed by atoms with E-state index in [0.29, 0.717) is 23.0 Å². The average molecular weight is 263 g/mol. The van der Waals surface area contributed by atoms with E-state index in [1.165, 1.54) is 0 Å². The summed E-state index contributed by atoms with van der Waals surface area (Å²) in [6.45, 7) is 1.50. The number of nitrogen functional groups attached to an aromatic ring is 1. The van der Waals surface area contributed by atoms with E-state index in [4.69, 9.17) is 10.5 Å². The van der Waals surface area contributed by atoms with Crippen LogP contribution in [0.2, 0.25) is 0 Å². The number of methoxy groups -OCH3 is 1. The summed E-state index contributed by atoms with van der Waals surface area (Å²) in [5.41, 5.74) is 6.87. The molecule has 1 heterocycles. The number of carbonyl (C=O) groups excluding carboxylic acids is 1. The lowest BCUT2D eigenvalue weighted by Crippen LogP contribution is -2.34. The summed E-state index contributed by atoms with van der Waals surface area (Å²) in [6, 6.07) is 5.70. The fourth-order valence-electron chi connectivity index (χ4n) is 2.45. The monoisotopic (exact) mass is 263 g/mol. The van der Waals surface area contributed by atoms with Crippen molar-refractivity contribution in [2.75, 3.05) is 40.0 Å². The lowest BCUT2D eigenvalue weighted by atomic mass is 10.1. The van der Waals surface area contributed by atoms with Crippen molar-refractivity contribution in [1.29, 1.82) is 0 Å². The lowest BCUT2D eigenvalue weighted by molar-refractivity contribution is 0.0781. The second kappa shape index (κ2) is 5.48. The molecular weight excluding hydrogens is 242 g/mol. The van der Waals surface area contributed by atoms with Crippen LogP contribution in [0.4, 0.5) is 5.69 Å². The predicted molar refractivity (Wildman–Crippen MR) is 75.4 cm³/mol. The van der Waals surface area contributed by atoms with Gasteiger partial charge in [0.15, 0.2) is 0 Å². The van der Waals surface area contributed by atoms with Gasteiger partial charge in [0.2, 0.25) is 0 Å². The van der Waals surface area contributed by atoms with E-state index in [0.717, 1.165) is 19.5 Å². The predicted octanol–water partition coefficient (Wildman–Crippen LogP) is 1.05. The quantitative estimate of drug-likeness (QED) is 0.828. The number of rotatable bonds is 3. The fraction of sp³-hybridized carbons (Fsp3) is 0.500. The van der Waals surface area contributed by atoms with E-state index in [1.807, 2.05) is 19.0 Å². The second-order valence-electron chi connectivity index (χ2n) is 5.08. The number of nitrogens with two attached hydrogens (primary N) is 1. The number of amides is 1. The van der Waals surface area contributed by atoms with Gasteiger partial charge in [-0.05, 0) is 32.6 Å². The zero-order valence-corrected chi connectivity index (χ0v) is 11.7. The summed E-state index contributed by atoms with van der Waals surface area (Å²) >= 11 is 0. The third-order valence-electron chi connectivity index (χ3n) is 3.67. The molecule has 19 heavy (non-hydrogen) atoms. The highest BCUT2D eigenvalue weighted by molar-refractivity contribution is 6.02. The van der Waals surface area contributed by atoms with E-state index in [2.05, 4.69) is 4.90 Å². The Morgan fingerprint density at radius 3 is 2.79 bits per heavy atom. The molecule has 104 valence electrons. The molecule has 0 spiro atoms. The summed E-state index contributed by atoms with van der Waals surface area (Å²) in [5.74, 6) is 0.498. The van der Waals surface area contributed by atoms with Gasteiger partial charge in [0.05, 0.1) is 7.11 Å². The summed E-state index contributed by atoms with van der Waals surface area (Å²) in [4.78, 5) is 16.6. The molecule has 0 bridgehead atoms. The van der Waals surface area contributed by atoms with Crippen molar-refractivity contribution in [1.82, 2.24) is 9.80 Å². The van der Waals surface area contributed by atoms with Gasteiger partial charge in [-0.1, -0.05) is 6.07 Å². The van der Waals surface area contributed by atoms with Gasteiger partial charge >= 0.3 is 0 Å². The van der Waals surface area contributed by atoms with E-state index in [1.54, 1.807) is 25.3 Å². The maximum Gasteiger partial charge on any atom is 0.259 e. The molecule has 1 atom stereocenters. The van der Waals surface area contributed by atoms with Crippen LogP contribution in [-0.2, 0) is 0 Å². The molecule has 1 aliphatic heterocycles. The number of hydrogen-bond donors (Lipinski definition) is 1. The Bertz CT molecular complexity index is 474. The first-order valence-electron chi connectivity index (χ1n) is 6.42. The standard InChI is InChI=1S/C14H21N3O2/c1-16(2)10-7-8-17(9-10)14(18)13-11(15)5-4-6-12(13)19-3/h4-6,10H,7-9,15H2,1-3H3. The van der Waals surface area contributed by atoms with Crippen LogP contribution in [0.25, 0.3) is 0 Å². The zero-order chi connectivity index (χ0) is 14.0. The number of benzene rings is 1. The van der Waals surface area contributed by atoms with E-state index in [-0.39, 0.29) is 5.91 Å². The Hall–Kier alpha value is -1.75. The minimum atomic E-state index is -0.0423. The molecule has 5 heteroatoms. The molecule has 1 aromatic rings. The van der Waals surface area contributed by atoms with Crippen LogP contribution in [0, 0.1) is 0 Å². The van der Waals surface area contributed by atoms with Crippen molar-refractivity contribution in [2.24, 2.45) is 0 Å². The van der Waals surface area contributed by atoms with Gasteiger partial charge in [-0.3, -0.25) is 4.79 Å². The largest absolute Gasteiger partial charge is 0.496 e. The van der Waals surface area contributed by atoms with Crippen LogP contribution >= 0.6 is 0 Å². The molecule has 0 radical (unpaired) electrons. The number of anilines is 1. The first-order chi connectivity index (χ1) is 9.04.